The van der Waals surface area contributed by atoms with Crippen LogP contribution in [-0.2, 0) is 0 Å². The number of methoxy groups -OCH3 is 1. The van der Waals surface area contributed by atoms with E-state index >= 15 is 0 Å². The quantitative estimate of drug-likeness (QED) is 0.896. The Morgan fingerprint density at radius 3 is 2.25 bits per heavy atom. The molecule has 2 aromatic carbocycles. The van der Waals surface area contributed by atoms with Crippen LogP contribution in [0.25, 0.3) is 0 Å². The molecular weight excluding hydrogens is 314 g/mol. The van der Waals surface area contributed by atoms with Gasteiger partial charge in [-0.3, -0.25) is 0 Å². The molecule has 0 saturated carbocycles. The van der Waals surface area contributed by atoms with Crippen LogP contribution in [0.2, 0.25) is 0 Å². The van der Waals surface area contributed by atoms with E-state index in [4.69, 9.17) is 4.74 Å². The van der Waals surface area contributed by atoms with Gasteiger partial charge in [0.05, 0.1) is 13.2 Å². The monoisotopic (exact) mass is 333 g/mol. The summed E-state index contributed by atoms with van der Waals surface area (Å²) in [4.78, 5) is 0. The van der Waals surface area contributed by atoms with Gasteiger partial charge in [0, 0.05) is 10.0 Å². The van der Waals surface area contributed by atoms with Crippen molar-refractivity contribution in [3.05, 3.63) is 63.1 Å². The summed E-state index contributed by atoms with van der Waals surface area (Å²) in [5, 5.41) is 3.39. The molecule has 2 aromatic rings. The molecule has 0 saturated heterocycles. The van der Waals surface area contributed by atoms with E-state index in [0.29, 0.717) is 0 Å². The Kier molecular flexibility index (Phi) is 4.84. The van der Waals surface area contributed by atoms with Crippen LogP contribution in [0, 0.1) is 13.8 Å². The third-order valence-electron chi connectivity index (χ3n) is 3.45. The highest BCUT2D eigenvalue weighted by molar-refractivity contribution is 9.10. The van der Waals surface area contributed by atoms with E-state index in [1.54, 1.807) is 7.11 Å². The largest absolute Gasteiger partial charge is 0.496 e. The Balaban J connectivity index is 2.54. The second-order valence-electron chi connectivity index (χ2n) is 4.99. The van der Waals surface area contributed by atoms with Gasteiger partial charge in [-0.2, -0.15) is 0 Å². The normalized spacial score (nSPS) is 12.2. The summed E-state index contributed by atoms with van der Waals surface area (Å²) in [5.74, 6) is 0.905. The van der Waals surface area contributed by atoms with Gasteiger partial charge in [-0.15, -0.1) is 0 Å². The molecule has 0 bridgehead atoms. The maximum atomic E-state index is 5.51. The topological polar surface area (TPSA) is 21.3 Å². The fourth-order valence-electron chi connectivity index (χ4n) is 2.42. The highest BCUT2D eigenvalue weighted by Gasteiger charge is 2.19. The third-order valence-corrected chi connectivity index (χ3v) is 4.14. The van der Waals surface area contributed by atoms with Crippen molar-refractivity contribution in [2.24, 2.45) is 0 Å². The van der Waals surface area contributed by atoms with E-state index in [1.165, 1.54) is 16.7 Å². The van der Waals surface area contributed by atoms with Gasteiger partial charge in [-0.05, 0) is 44.2 Å². The van der Waals surface area contributed by atoms with Gasteiger partial charge >= 0.3 is 0 Å². The number of rotatable bonds is 4. The van der Waals surface area contributed by atoms with Gasteiger partial charge in [0.2, 0.25) is 0 Å². The molecule has 20 heavy (non-hydrogen) atoms. The number of hydrogen-bond acceptors (Lipinski definition) is 2. The van der Waals surface area contributed by atoms with Gasteiger partial charge in [0.25, 0.3) is 0 Å². The van der Waals surface area contributed by atoms with Crippen molar-refractivity contribution in [3.63, 3.8) is 0 Å². The zero-order valence-corrected chi connectivity index (χ0v) is 13.9. The van der Waals surface area contributed by atoms with Crippen LogP contribution in [0.1, 0.15) is 28.3 Å². The van der Waals surface area contributed by atoms with Crippen molar-refractivity contribution < 1.29 is 4.74 Å². The first kappa shape index (κ1) is 15.1. The Morgan fingerprint density at radius 1 is 1.00 bits per heavy atom. The van der Waals surface area contributed by atoms with E-state index in [1.807, 2.05) is 13.1 Å². The molecule has 0 spiro atoms. The molecule has 0 fully saturated rings. The minimum Gasteiger partial charge on any atom is -0.496 e. The minimum absolute atomic E-state index is 0.0971. The average molecular weight is 334 g/mol. The minimum atomic E-state index is 0.0971. The van der Waals surface area contributed by atoms with Gasteiger partial charge in [-0.25, -0.2) is 0 Å². The van der Waals surface area contributed by atoms with E-state index < -0.39 is 0 Å². The van der Waals surface area contributed by atoms with Crippen LogP contribution < -0.4 is 10.1 Å². The summed E-state index contributed by atoms with van der Waals surface area (Å²) in [7, 11) is 3.68. The lowest BCUT2D eigenvalue weighted by Gasteiger charge is -2.22. The fourth-order valence-corrected chi connectivity index (χ4v) is 3.15. The summed E-state index contributed by atoms with van der Waals surface area (Å²) in [6, 6.07) is 12.8. The van der Waals surface area contributed by atoms with E-state index in [9.17, 15) is 0 Å². The molecule has 0 aliphatic carbocycles. The molecular formula is C17H20BrNO. The molecule has 3 heteroatoms. The highest BCUT2D eigenvalue weighted by Crippen LogP contribution is 2.34. The average Bonchev–Trinajstić information content (AvgIpc) is 2.42. The lowest BCUT2D eigenvalue weighted by Crippen LogP contribution is -2.19. The zero-order chi connectivity index (χ0) is 14.7. The van der Waals surface area contributed by atoms with E-state index in [2.05, 4.69) is 65.4 Å². The molecule has 0 aliphatic rings. The Hall–Kier alpha value is -1.32. The van der Waals surface area contributed by atoms with Crippen molar-refractivity contribution in [1.29, 1.82) is 0 Å². The number of hydrogen-bond donors (Lipinski definition) is 1. The van der Waals surface area contributed by atoms with Crippen LogP contribution >= 0.6 is 15.9 Å². The summed E-state index contributed by atoms with van der Waals surface area (Å²) in [6.45, 7) is 4.19. The molecule has 106 valence electrons. The smallest absolute Gasteiger partial charge is 0.123 e. The van der Waals surface area contributed by atoms with Gasteiger partial charge in [0.1, 0.15) is 5.75 Å². The van der Waals surface area contributed by atoms with Crippen molar-refractivity contribution >= 4 is 15.9 Å². The predicted molar refractivity (Wildman–Crippen MR) is 87.5 cm³/mol. The number of halogens is 1. The zero-order valence-electron chi connectivity index (χ0n) is 12.3. The van der Waals surface area contributed by atoms with E-state index in [-0.39, 0.29) is 6.04 Å². The Bertz CT molecular complexity index is 610. The summed E-state index contributed by atoms with van der Waals surface area (Å²) < 4.78 is 6.62. The molecule has 1 atom stereocenters. The Morgan fingerprint density at radius 2 is 1.65 bits per heavy atom. The van der Waals surface area contributed by atoms with Crippen LogP contribution in [0.3, 0.4) is 0 Å². The lowest BCUT2D eigenvalue weighted by molar-refractivity contribution is 0.405. The maximum Gasteiger partial charge on any atom is 0.123 e. The molecule has 0 radical (unpaired) electrons. The Labute approximate surface area is 129 Å². The molecule has 1 unspecified atom stereocenters. The molecule has 0 aliphatic heterocycles. The fraction of sp³-hybridized carbons (Fsp3) is 0.294. The first-order valence-electron chi connectivity index (χ1n) is 6.64. The maximum absolute atomic E-state index is 5.51. The van der Waals surface area contributed by atoms with Gasteiger partial charge in [-0.1, -0.05) is 45.8 Å². The van der Waals surface area contributed by atoms with E-state index in [0.717, 1.165) is 15.8 Å². The first-order chi connectivity index (χ1) is 9.56. The van der Waals surface area contributed by atoms with Gasteiger partial charge in [0.15, 0.2) is 0 Å². The predicted octanol–water partition coefficient (Wildman–Crippen LogP) is 4.38. The first-order valence-corrected chi connectivity index (χ1v) is 7.44. The van der Waals surface area contributed by atoms with Crippen LogP contribution in [0.4, 0.5) is 0 Å². The second-order valence-corrected chi connectivity index (χ2v) is 5.85. The summed E-state index contributed by atoms with van der Waals surface area (Å²) in [6.07, 6.45) is 0. The standard InChI is InChI=1S/C17H20BrNO/c1-11-6-8-16(20-4)14(9-11)17(19-3)13-7-5-12(2)10-15(13)18/h5-10,17,19H,1-4H3. The summed E-state index contributed by atoms with van der Waals surface area (Å²) in [5.41, 5.74) is 4.83. The number of aryl methyl sites for hydroxylation is 2. The molecule has 2 nitrogen and oxygen atoms in total. The number of ether oxygens (including phenoxy) is 1. The highest BCUT2D eigenvalue weighted by atomic mass is 79.9. The lowest BCUT2D eigenvalue weighted by atomic mass is 9.96. The van der Waals surface area contributed by atoms with Crippen molar-refractivity contribution in [2.45, 2.75) is 19.9 Å². The van der Waals surface area contributed by atoms with Crippen LogP contribution in [-0.4, -0.2) is 14.2 Å². The summed E-state index contributed by atoms with van der Waals surface area (Å²) >= 11 is 3.67. The SMILES string of the molecule is CNC(c1ccc(C)cc1Br)c1cc(C)ccc1OC. The molecule has 0 aromatic heterocycles. The molecule has 2 rings (SSSR count). The van der Waals surface area contributed by atoms with Crippen molar-refractivity contribution in [3.8, 4) is 5.75 Å². The third kappa shape index (κ3) is 3.05. The number of benzene rings is 2. The second kappa shape index (κ2) is 6.42. The van der Waals surface area contributed by atoms with Crippen molar-refractivity contribution in [1.82, 2.24) is 5.32 Å². The van der Waals surface area contributed by atoms with Crippen LogP contribution in [0.15, 0.2) is 40.9 Å². The van der Waals surface area contributed by atoms with Gasteiger partial charge < -0.3 is 10.1 Å². The molecule has 0 heterocycles. The van der Waals surface area contributed by atoms with Crippen molar-refractivity contribution in [2.75, 3.05) is 14.2 Å². The molecule has 1 N–H and O–H groups in total. The number of nitrogens with one attached hydrogen (secondary N) is 1. The van der Waals surface area contributed by atoms with Crippen LogP contribution in [0.5, 0.6) is 5.75 Å². The molecule has 0 amide bonds.